The number of non-ortho nitro benzene ring substituents is 1. The average molecular weight is 450 g/mol. The zero-order chi connectivity index (χ0) is 24.6. The first-order chi connectivity index (χ1) is 14.4. The predicted molar refractivity (Wildman–Crippen MR) is 115 cm³/mol. The van der Waals surface area contributed by atoms with Gasteiger partial charge in [0.25, 0.3) is 5.69 Å². The molecule has 0 aromatic heterocycles. The van der Waals surface area contributed by atoms with Crippen molar-refractivity contribution >= 4 is 23.4 Å². The van der Waals surface area contributed by atoms with Gasteiger partial charge in [-0.25, -0.2) is 0 Å². The van der Waals surface area contributed by atoms with Gasteiger partial charge in [0, 0.05) is 24.5 Å². The summed E-state index contributed by atoms with van der Waals surface area (Å²) < 4.78 is 11.0. The molecule has 1 N–H and O–H groups in total. The van der Waals surface area contributed by atoms with Gasteiger partial charge in [0.15, 0.2) is 5.78 Å². The Morgan fingerprint density at radius 2 is 1.62 bits per heavy atom. The lowest BCUT2D eigenvalue weighted by molar-refractivity contribution is -0.385. The van der Waals surface area contributed by atoms with Gasteiger partial charge in [0.1, 0.15) is 17.1 Å². The van der Waals surface area contributed by atoms with Crippen LogP contribution in [0.25, 0.3) is 0 Å². The number of carbonyl (C=O) groups excluding carboxylic acids is 3. The molecule has 1 aromatic rings. The molecular weight excluding hydrogens is 418 g/mol. The Kier molecular flexibility index (Phi) is 6.85. The van der Waals surface area contributed by atoms with Crippen molar-refractivity contribution in [3.8, 4) is 0 Å². The Balaban J connectivity index is 2.70. The Morgan fingerprint density at radius 3 is 2.12 bits per heavy atom. The summed E-state index contributed by atoms with van der Waals surface area (Å²) in [4.78, 5) is 50.1. The van der Waals surface area contributed by atoms with Crippen LogP contribution in [0.5, 0.6) is 0 Å². The van der Waals surface area contributed by atoms with Crippen molar-refractivity contribution in [1.82, 2.24) is 0 Å². The van der Waals surface area contributed by atoms with Gasteiger partial charge in [-0.05, 0) is 54.0 Å². The molecule has 9 heteroatoms. The number of esters is 2. The zero-order valence-electron chi connectivity index (χ0n) is 19.5. The van der Waals surface area contributed by atoms with Gasteiger partial charge >= 0.3 is 11.9 Å². The molecule has 1 aromatic carbocycles. The molecule has 0 spiro atoms. The molecule has 1 aliphatic carbocycles. The Bertz CT molecular complexity index is 923. The number of ether oxygens (including phenoxy) is 2. The molecule has 0 saturated heterocycles. The number of nitro groups is 1. The van der Waals surface area contributed by atoms with Gasteiger partial charge in [-0.1, -0.05) is 12.1 Å². The van der Waals surface area contributed by atoms with E-state index in [-0.39, 0.29) is 11.3 Å². The van der Waals surface area contributed by atoms with Crippen LogP contribution in [0.1, 0.15) is 66.4 Å². The van der Waals surface area contributed by atoms with E-state index in [4.69, 9.17) is 9.47 Å². The minimum atomic E-state index is -1.84. The molecule has 0 bridgehead atoms. The molecule has 0 aliphatic heterocycles. The maximum atomic E-state index is 13.2. The normalized spacial score (nSPS) is 26.4. The molecule has 1 saturated carbocycles. The number of hydrogen-bond acceptors (Lipinski definition) is 8. The van der Waals surface area contributed by atoms with Crippen LogP contribution < -0.4 is 0 Å². The zero-order valence-corrected chi connectivity index (χ0v) is 19.5. The summed E-state index contributed by atoms with van der Waals surface area (Å²) in [6, 6.07) is 5.35. The quantitative estimate of drug-likeness (QED) is 0.320. The minimum absolute atomic E-state index is 0.194. The fourth-order valence-electron chi connectivity index (χ4n) is 3.99. The first-order valence-electron chi connectivity index (χ1n) is 10.4. The lowest BCUT2D eigenvalue weighted by atomic mass is 9.61. The fraction of sp³-hybridized carbons (Fsp3) is 0.609. The molecule has 1 fully saturated rings. The highest BCUT2D eigenvalue weighted by molar-refractivity contribution is 6.03. The van der Waals surface area contributed by atoms with Gasteiger partial charge < -0.3 is 14.6 Å². The summed E-state index contributed by atoms with van der Waals surface area (Å²) in [5.41, 5.74) is -3.73. The van der Waals surface area contributed by atoms with Crippen LogP contribution in [0.2, 0.25) is 0 Å². The lowest BCUT2D eigenvalue weighted by Crippen LogP contribution is -2.56. The van der Waals surface area contributed by atoms with Crippen LogP contribution in [-0.2, 0) is 23.9 Å². The summed E-state index contributed by atoms with van der Waals surface area (Å²) in [5, 5.41) is 22.4. The van der Waals surface area contributed by atoms with E-state index >= 15 is 0 Å². The standard InChI is InChI=1S/C23H31NO8/c1-21(2,3)31-19(26)17-15(25)12-23(7,28)18(20(27)32-22(4,5)6)16(17)13-9-8-10-14(11-13)24(29)30/h8-11,16-18,28H,12H2,1-7H3/t16-,17+,18-,23+/m1/s1. The topological polar surface area (TPSA) is 133 Å². The Labute approximate surface area is 187 Å². The number of nitro benzene ring substituents is 1. The monoisotopic (exact) mass is 449 g/mol. The van der Waals surface area contributed by atoms with Crippen LogP contribution in [-0.4, -0.2) is 44.6 Å². The number of benzene rings is 1. The number of hydrogen-bond donors (Lipinski definition) is 1. The Hall–Kier alpha value is -2.81. The summed E-state index contributed by atoms with van der Waals surface area (Å²) in [6.45, 7) is 11.2. The number of aliphatic hydroxyl groups is 1. The number of rotatable bonds is 4. The second-order valence-electron chi connectivity index (χ2n) is 10.4. The number of carbonyl (C=O) groups is 3. The van der Waals surface area contributed by atoms with Crippen molar-refractivity contribution < 1.29 is 33.9 Å². The van der Waals surface area contributed by atoms with E-state index in [2.05, 4.69) is 0 Å². The molecule has 1 aliphatic rings. The number of ketones is 1. The van der Waals surface area contributed by atoms with Crippen LogP contribution in [0, 0.1) is 22.0 Å². The molecule has 176 valence electrons. The van der Waals surface area contributed by atoms with Crippen molar-refractivity contribution in [2.24, 2.45) is 11.8 Å². The van der Waals surface area contributed by atoms with Gasteiger partial charge in [-0.2, -0.15) is 0 Å². The van der Waals surface area contributed by atoms with Crippen LogP contribution in [0.4, 0.5) is 5.69 Å². The summed E-state index contributed by atoms with van der Waals surface area (Å²) >= 11 is 0. The molecule has 0 radical (unpaired) electrons. The molecule has 0 amide bonds. The first-order valence-corrected chi connectivity index (χ1v) is 10.4. The summed E-state index contributed by atoms with van der Waals surface area (Å²) in [7, 11) is 0. The molecule has 2 rings (SSSR count). The third-order valence-corrected chi connectivity index (χ3v) is 5.05. The van der Waals surface area contributed by atoms with Crippen molar-refractivity contribution in [1.29, 1.82) is 0 Å². The van der Waals surface area contributed by atoms with Crippen molar-refractivity contribution in [3.63, 3.8) is 0 Å². The van der Waals surface area contributed by atoms with Gasteiger partial charge in [0.2, 0.25) is 0 Å². The highest BCUT2D eigenvalue weighted by atomic mass is 16.6. The largest absolute Gasteiger partial charge is 0.460 e. The van der Waals surface area contributed by atoms with E-state index in [1.807, 2.05) is 0 Å². The highest BCUT2D eigenvalue weighted by Crippen LogP contribution is 2.47. The van der Waals surface area contributed by atoms with Gasteiger partial charge in [0.05, 0.1) is 16.4 Å². The van der Waals surface area contributed by atoms with E-state index in [9.17, 15) is 29.6 Å². The van der Waals surface area contributed by atoms with Gasteiger partial charge in [-0.15, -0.1) is 0 Å². The minimum Gasteiger partial charge on any atom is -0.460 e. The fourth-order valence-corrected chi connectivity index (χ4v) is 3.99. The summed E-state index contributed by atoms with van der Waals surface area (Å²) in [6.07, 6.45) is -0.466. The lowest BCUT2D eigenvalue weighted by Gasteiger charge is -2.44. The molecule has 4 atom stereocenters. The van der Waals surface area contributed by atoms with Crippen LogP contribution in [0.15, 0.2) is 24.3 Å². The van der Waals surface area contributed by atoms with Crippen molar-refractivity contribution in [2.75, 3.05) is 0 Å². The predicted octanol–water partition coefficient (Wildman–Crippen LogP) is 3.32. The smallest absolute Gasteiger partial charge is 0.317 e. The van der Waals surface area contributed by atoms with E-state index in [1.165, 1.54) is 31.2 Å². The second-order valence-corrected chi connectivity index (χ2v) is 10.4. The van der Waals surface area contributed by atoms with Crippen LogP contribution in [0.3, 0.4) is 0 Å². The van der Waals surface area contributed by atoms with Gasteiger partial charge in [-0.3, -0.25) is 24.5 Å². The molecular formula is C23H31NO8. The SMILES string of the molecule is CC(C)(C)OC(=O)[C@H]1C(=O)C[C@](C)(O)[C@@H](C(=O)OC(C)(C)C)[C@@H]1c1cccc([N+](=O)[O-])c1. The van der Waals surface area contributed by atoms with E-state index < -0.39 is 63.6 Å². The summed E-state index contributed by atoms with van der Waals surface area (Å²) in [5.74, 6) is -6.26. The third kappa shape index (κ3) is 5.91. The van der Waals surface area contributed by atoms with Crippen molar-refractivity contribution in [2.45, 2.75) is 77.6 Å². The maximum absolute atomic E-state index is 13.2. The first kappa shape index (κ1) is 25.5. The molecule has 32 heavy (non-hydrogen) atoms. The number of Topliss-reactive ketones (excluding diaryl/α,β-unsaturated/α-hetero) is 1. The second kappa shape index (κ2) is 8.61. The van der Waals surface area contributed by atoms with Crippen LogP contribution >= 0.6 is 0 Å². The van der Waals surface area contributed by atoms with E-state index in [1.54, 1.807) is 41.5 Å². The average Bonchev–Trinajstić information content (AvgIpc) is 2.56. The van der Waals surface area contributed by atoms with E-state index in [0.717, 1.165) is 0 Å². The third-order valence-electron chi connectivity index (χ3n) is 5.05. The molecule has 0 heterocycles. The van der Waals surface area contributed by atoms with E-state index in [0.29, 0.717) is 0 Å². The van der Waals surface area contributed by atoms with Crippen molar-refractivity contribution in [3.05, 3.63) is 39.9 Å². The highest BCUT2D eigenvalue weighted by Gasteiger charge is 2.58. The molecule has 0 unspecified atom stereocenters. The number of nitrogens with zero attached hydrogens (tertiary/aromatic N) is 1. The maximum Gasteiger partial charge on any atom is 0.317 e. The Morgan fingerprint density at radius 1 is 1.09 bits per heavy atom. The molecule has 9 nitrogen and oxygen atoms in total.